The van der Waals surface area contributed by atoms with Crippen LogP contribution in [0.3, 0.4) is 0 Å². The second-order valence-corrected chi connectivity index (χ2v) is 5.20. The van der Waals surface area contributed by atoms with Gasteiger partial charge in [-0.15, -0.1) is 0 Å². The fraction of sp³-hybridized carbons (Fsp3) is 0.917. The van der Waals surface area contributed by atoms with Crippen molar-refractivity contribution in [2.45, 2.75) is 57.2 Å². The molecule has 0 radical (unpaired) electrons. The normalized spacial score (nSPS) is 35.5. The summed E-state index contributed by atoms with van der Waals surface area (Å²) in [5.41, 5.74) is 0. The highest BCUT2D eigenvalue weighted by Crippen LogP contribution is 2.33. The first-order chi connectivity index (χ1) is 7.66. The Labute approximate surface area is 96.8 Å². The SMILES string of the molecule is C[C@H](O)CNC(=O)C1CC2CCCCC2N1. The van der Waals surface area contributed by atoms with Crippen LogP contribution in [0.5, 0.6) is 0 Å². The lowest BCUT2D eigenvalue weighted by Crippen LogP contribution is -2.44. The van der Waals surface area contributed by atoms with E-state index in [0.717, 1.165) is 6.42 Å². The number of rotatable bonds is 3. The summed E-state index contributed by atoms with van der Waals surface area (Å²) in [4.78, 5) is 11.8. The molecule has 2 rings (SSSR count). The van der Waals surface area contributed by atoms with E-state index in [-0.39, 0.29) is 11.9 Å². The van der Waals surface area contributed by atoms with Crippen LogP contribution in [0.2, 0.25) is 0 Å². The average molecular weight is 226 g/mol. The Kier molecular flexibility index (Phi) is 3.82. The van der Waals surface area contributed by atoms with Crippen molar-refractivity contribution in [3.05, 3.63) is 0 Å². The zero-order chi connectivity index (χ0) is 11.5. The van der Waals surface area contributed by atoms with Gasteiger partial charge in [-0.3, -0.25) is 4.79 Å². The van der Waals surface area contributed by atoms with E-state index in [1.54, 1.807) is 6.92 Å². The third-order valence-electron chi connectivity index (χ3n) is 3.75. The molecule has 4 nitrogen and oxygen atoms in total. The van der Waals surface area contributed by atoms with Crippen molar-refractivity contribution in [3.8, 4) is 0 Å². The number of nitrogens with one attached hydrogen (secondary N) is 2. The molecule has 16 heavy (non-hydrogen) atoms. The number of aliphatic hydroxyl groups excluding tert-OH is 1. The van der Waals surface area contributed by atoms with Gasteiger partial charge in [-0.1, -0.05) is 12.8 Å². The van der Waals surface area contributed by atoms with Crippen molar-refractivity contribution in [1.29, 1.82) is 0 Å². The van der Waals surface area contributed by atoms with E-state index >= 15 is 0 Å². The molecule has 0 aromatic heterocycles. The van der Waals surface area contributed by atoms with Crippen molar-refractivity contribution in [2.24, 2.45) is 5.92 Å². The second-order valence-electron chi connectivity index (χ2n) is 5.20. The first-order valence-electron chi connectivity index (χ1n) is 6.38. The smallest absolute Gasteiger partial charge is 0.237 e. The third kappa shape index (κ3) is 2.74. The van der Waals surface area contributed by atoms with Gasteiger partial charge >= 0.3 is 0 Å². The third-order valence-corrected chi connectivity index (χ3v) is 3.75. The molecule has 1 aliphatic heterocycles. The standard InChI is InChI=1S/C12H22N2O2/c1-8(15)7-13-12(16)11-6-9-4-2-3-5-10(9)14-11/h8-11,14-15H,2-7H2,1H3,(H,13,16)/t8-,9?,10?,11?/m0/s1. The first kappa shape index (κ1) is 11.9. The first-order valence-corrected chi connectivity index (χ1v) is 6.38. The summed E-state index contributed by atoms with van der Waals surface area (Å²) in [5.74, 6) is 0.742. The van der Waals surface area contributed by atoms with Crippen molar-refractivity contribution < 1.29 is 9.90 Å². The molecule has 0 bridgehead atoms. The highest BCUT2D eigenvalue weighted by molar-refractivity contribution is 5.82. The minimum absolute atomic E-state index is 0.0353. The summed E-state index contributed by atoms with van der Waals surface area (Å²) in [6, 6.07) is 0.517. The minimum atomic E-state index is -0.465. The molecule has 3 unspecified atom stereocenters. The maximum Gasteiger partial charge on any atom is 0.237 e. The maximum atomic E-state index is 11.8. The van der Waals surface area contributed by atoms with E-state index in [1.807, 2.05) is 0 Å². The van der Waals surface area contributed by atoms with Crippen molar-refractivity contribution in [1.82, 2.24) is 10.6 Å². The molecule has 1 aliphatic carbocycles. The Morgan fingerprint density at radius 3 is 2.94 bits per heavy atom. The molecule has 4 atom stereocenters. The predicted octanol–water partition coefficient (Wildman–Crippen LogP) is 0.404. The molecule has 1 saturated carbocycles. The number of aliphatic hydroxyl groups is 1. The summed E-state index contributed by atoms with van der Waals surface area (Å²) in [7, 11) is 0. The van der Waals surface area contributed by atoms with Gasteiger partial charge in [0, 0.05) is 12.6 Å². The number of fused-ring (bicyclic) bond motifs is 1. The zero-order valence-corrected chi connectivity index (χ0v) is 9.91. The van der Waals surface area contributed by atoms with Crippen LogP contribution in [-0.4, -0.2) is 35.7 Å². The predicted molar refractivity (Wildman–Crippen MR) is 62.0 cm³/mol. The molecular weight excluding hydrogens is 204 g/mol. The Morgan fingerprint density at radius 2 is 2.25 bits per heavy atom. The van der Waals surface area contributed by atoms with Crippen LogP contribution in [0.15, 0.2) is 0 Å². The number of hydrogen-bond acceptors (Lipinski definition) is 3. The lowest BCUT2D eigenvalue weighted by molar-refractivity contribution is -0.123. The molecular formula is C12H22N2O2. The van der Waals surface area contributed by atoms with Gasteiger partial charge in [0.15, 0.2) is 0 Å². The van der Waals surface area contributed by atoms with Gasteiger partial charge in [0.2, 0.25) is 5.91 Å². The van der Waals surface area contributed by atoms with Gasteiger partial charge in [0.25, 0.3) is 0 Å². The summed E-state index contributed by atoms with van der Waals surface area (Å²) < 4.78 is 0. The van der Waals surface area contributed by atoms with Gasteiger partial charge < -0.3 is 15.7 Å². The average Bonchev–Trinajstić information content (AvgIpc) is 2.69. The Bertz CT molecular complexity index is 241. The largest absolute Gasteiger partial charge is 0.392 e. The van der Waals surface area contributed by atoms with E-state index in [1.165, 1.54) is 25.7 Å². The summed E-state index contributed by atoms with van der Waals surface area (Å²) >= 11 is 0. The molecule has 1 saturated heterocycles. The van der Waals surface area contributed by atoms with Crippen LogP contribution in [0.25, 0.3) is 0 Å². The quantitative estimate of drug-likeness (QED) is 0.653. The molecule has 1 amide bonds. The Morgan fingerprint density at radius 1 is 1.50 bits per heavy atom. The van der Waals surface area contributed by atoms with E-state index in [4.69, 9.17) is 5.11 Å². The van der Waals surface area contributed by atoms with Crippen molar-refractivity contribution >= 4 is 5.91 Å². The van der Waals surface area contributed by atoms with Crippen molar-refractivity contribution in [2.75, 3.05) is 6.54 Å². The number of carbonyl (C=O) groups is 1. The molecule has 0 aromatic carbocycles. The van der Waals surface area contributed by atoms with E-state index in [9.17, 15) is 4.79 Å². The minimum Gasteiger partial charge on any atom is -0.392 e. The van der Waals surface area contributed by atoms with Gasteiger partial charge in [-0.25, -0.2) is 0 Å². The summed E-state index contributed by atoms with van der Waals surface area (Å²) in [6.07, 6.45) is 5.58. The number of amides is 1. The molecule has 2 aliphatic rings. The molecule has 2 fully saturated rings. The monoisotopic (exact) mass is 226 g/mol. The molecule has 4 heteroatoms. The van der Waals surface area contributed by atoms with Crippen LogP contribution >= 0.6 is 0 Å². The van der Waals surface area contributed by atoms with Crippen LogP contribution in [0.1, 0.15) is 39.0 Å². The highest BCUT2D eigenvalue weighted by atomic mass is 16.3. The molecule has 1 heterocycles. The van der Waals surface area contributed by atoms with Gasteiger partial charge in [-0.2, -0.15) is 0 Å². The summed E-state index contributed by atoms with van der Waals surface area (Å²) in [5, 5.41) is 15.3. The zero-order valence-electron chi connectivity index (χ0n) is 9.91. The van der Waals surface area contributed by atoms with Crippen LogP contribution in [0, 0.1) is 5.92 Å². The fourth-order valence-electron chi connectivity index (χ4n) is 2.89. The van der Waals surface area contributed by atoms with Crippen molar-refractivity contribution in [3.63, 3.8) is 0 Å². The number of carbonyl (C=O) groups excluding carboxylic acids is 1. The second kappa shape index (κ2) is 5.15. The Hall–Kier alpha value is -0.610. The molecule has 92 valence electrons. The number of hydrogen-bond donors (Lipinski definition) is 3. The fourth-order valence-corrected chi connectivity index (χ4v) is 2.89. The van der Waals surface area contributed by atoms with Gasteiger partial charge in [0.1, 0.15) is 0 Å². The van der Waals surface area contributed by atoms with Crippen LogP contribution in [0.4, 0.5) is 0 Å². The molecule has 0 aromatic rings. The lowest BCUT2D eigenvalue weighted by atomic mass is 9.85. The van der Waals surface area contributed by atoms with Gasteiger partial charge in [-0.05, 0) is 32.1 Å². The Balaban J connectivity index is 1.80. The van der Waals surface area contributed by atoms with E-state index < -0.39 is 6.10 Å². The van der Waals surface area contributed by atoms with Crippen LogP contribution in [-0.2, 0) is 4.79 Å². The molecule has 3 N–H and O–H groups in total. The topological polar surface area (TPSA) is 61.4 Å². The van der Waals surface area contributed by atoms with E-state index in [0.29, 0.717) is 18.5 Å². The van der Waals surface area contributed by atoms with E-state index in [2.05, 4.69) is 10.6 Å². The lowest BCUT2D eigenvalue weighted by Gasteiger charge is -2.24. The van der Waals surface area contributed by atoms with Crippen LogP contribution < -0.4 is 10.6 Å². The summed E-state index contributed by atoms with van der Waals surface area (Å²) in [6.45, 7) is 2.04. The molecule has 0 spiro atoms. The van der Waals surface area contributed by atoms with Gasteiger partial charge in [0.05, 0.1) is 12.1 Å². The highest BCUT2D eigenvalue weighted by Gasteiger charge is 2.37. The maximum absolute atomic E-state index is 11.8.